The lowest BCUT2D eigenvalue weighted by Gasteiger charge is -2.01. The molecule has 2 aromatic carbocycles. The number of carboxylic acids is 1. The van der Waals surface area contributed by atoms with Crippen molar-refractivity contribution in [2.45, 2.75) is 84.0 Å². The number of fused-ring (bicyclic) bond motifs is 1. The van der Waals surface area contributed by atoms with E-state index in [1.165, 1.54) is 64.1 Å². The summed E-state index contributed by atoms with van der Waals surface area (Å²) < 4.78 is 5.48. The van der Waals surface area contributed by atoms with E-state index in [-0.39, 0.29) is 5.43 Å². The van der Waals surface area contributed by atoms with Gasteiger partial charge in [-0.1, -0.05) is 114 Å². The standard InChI is InChI=1S/C15H10O2.C14H28O2/c16-15-12-8-4-5-9-14(12)17-10-13(15)11-6-2-1-3-7-11;1-2-3-4-5-6-7-8-9-10-11-12-13-14(15)16/h1-10H;2-13H2,1H3,(H,15,16). The Labute approximate surface area is 197 Å². The predicted octanol–water partition coefficient (Wildman–Crippen LogP) is 8.23. The van der Waals surface area contributed by atoms with Crippen molar-refractivity contribution in [3.63, 3.8) is 0 Å². The fraction of sp³-hybridized carbons (Fsp3) is 0.448. The lowest BCUT2D eigenvalue weighted by molar-refractivity contribution is -0.137. The van der Waals surface area contributed by atoms with Crippen LogP contribution in [0.2, 0.25) is 0 Å². The zero-order valence-corrected chi connectivity index (χ0v) is 19.9. The van der Waals surface area contributed by atoms with Crippen LogP contribution in [0.25, 0.3) is 22.1 Å². The van der Waals surface area contributed by atoms with Crippen molar-refractivity contribution in [3.05, 3.63) is 71.1 Å². The molecule has 178 valence electrons. The summed E-state index contributed by atoms with van der Waals surface area (Å²) in [4.78, 5) is 22.5. The number of carbonyl (C=O) groups is 1. The Hall–Kier alpha value is -2.88. The fourth-order valence-electron chi connectivity index (χ4n) is 3.84. The molecule has 0 radical (unpaired) electrons. The molecule has 0 aliphatic heterocycles. The van der Waals surface area contributed by atoms with Gasteiger partial charge in [0, 0.05) is 6.42 Å². The third-order valence-corrected chi connectivity index (χ3v) is 5.76. The van der Waals surface area contributed by atoms with Crippen LogP contribution < -0.4 is 5.43 Å². The number of rotatable bonds is 13. The maximum atomic E-state index is 12.3. The number of carboxylic acid groups (broad SMARTS) is 1. The normalized spacial score (nSPS) is 10.6. The molecule has 0 atom stereocenters. The highest BCUT2D eigenvalue weighted by atomic mass is 16.4. The average Bonchev–Trinajstić information content (AvgIpc) is 2.84. The number of hydrogen-bond acceptors (Lipinski definition) is 3. The van der Waals surface area contributed by atoms with Crippen LogP contribution in [0.4, 0.5) is 0 Å². The van der Waals surface area contributed by atoms with Gasteiger partial charge in [0.15, 0.2) is 5.43 Å². The summed E-state index contributed by atoms with van der Waals surface area (Å²) in [5, 5.41) is 9.08. The van der Waals surface area contributed by atoms with E-state index in [1.807, 2.05) is 42.5 Å². The molecule has 0 aliphatic carbocycles. The zero-order valence-electron chi connectivity index (χ0n) is 19.9. The Kier molecular flexibility index (Phi) is 12.7. The Morgan fingerprint density at radius 1 is 0.758 bits per heavy atom. The van der Waals surface area contributed by atoms with Crippen LogP contribution in [0, 0.1) is 0 Å². The summed E-state index contributed by atoms with van der Waals surface area (Å²) in [7, 11) is 0. The van der Waals surface area contributed by atoms with Crippen LogP contribution in [0.5, 0.6) is 0 Å². The lowest BCUT2D eigenvalue weighted by atomic mass is 10.1. The summed E-state index contributed by atoms with van der Waals surface area (Å²) in [6.07, 6.45) is 15.9. The molecule has 0 aliphatic rings. The first-order valence-electron chi connectivity index (χ1n) is 12.4. The Morgan fingerprint density at radius 2 is 1.30 bits per heavy atom. The van der Waals surface area contributed by atoms with Gasteiger partial charge in [-0.15, -0.1) is 0 Å². The average molecular weight is 451 g/mol. The van der Waals surface area contributed by atoms with Crippen molar-refractivity contribution in [2.24, 2.45) is 0 Å². The number of benzene rings is 2. The van der Waals surface area contributed by atoms with Gasteiger partial charge in [0.2, 0.25) is 0 Å². The van der Waals surface area contributed by atoms with E-state index in [2.05, 4.69) is 6.92 Å². The molecule has 3 rings (SSSR count). The van der Waals surface area contributed by atoms with Gasteiger partial charge in [-0.2, -0.15) is 0 Å². The van der Waals surface area contributed by atoms with E-state index in [0.29, 0.717) is 23.0 Å². The molecule has 3 aromatic rings. The molecule has 0 unspecified atom stereocenters. The largest absolute Gasteiger partial charge is 0.481 e. The first kappa shape index (κ1) is 26.4. The van der Waals surface area contributed by atoms with E-state index in [1.54, 1.807) is 12.1 Å². The molecule has 0 fully saturated rings. The molecule has 0 bridgehead atoms. The third kappa shape index (κ3) is 10.1. The van der Waals surface area contributed by atoms with Crippen LogP contribution in [-0.2, 0) is 4.79 Å². The van der Waals surface area contributed by atoms with Crippen molar-refractivity contribution in [3.8, 4) is 11.1 Å². The van der Waals surface area contributed by atoms with Crippen LogP contribution in [-0.4, -0.2) is 11.1 Å². The maximum absolute atomic E-state index is 12.3. The predicted molar refractivity (Wildman–Crippen MR) is 137 cm³/mol. The van der Waals surface area contributed by atoms with Crippen molar-refractivity contribution in [1.82, 2.24) is 0 Å². The van der Waals surface area contributed by atoms with E-state index in [0.717, 1.165) is 18.4 Å². The molecule has 1 aromatic heterocycles. The Morgan fingerprint density at radius 3 is 1.91 bits per heavy atom. The highest BCUT2D eigenvalue weighted by molar-refractivity contribution is 5.81. The van der Waals surface area contributed by atoms with Gasteiger partial charge >= 0.3 is 5.97 Å². The molecule has 4 heteroatoms. The monoisotopic (exact) mass is 450 g/mol. The van der Waals surface area contributed by atoms with Gasteiger partial charge < -0.3 is 9.52 Å². The molecule has 1 N–H and O–H groups in total. The topological polar surface area (TPSA) is 67.5 Å². The quantitative estimate of drug-likeness (QED) is 0.266. The van der Waals surface area contributed by atoms with Gasteiger partial charge in [0.05, 0.1) is 10.9 Å². The first-order chi connectivity index (χ1) is 16.1. The SMILES string of the molecule is CCCCCCCCCCCCCC(=O)O.O=c1c(-c2ccccc2)coc2ccccc12. The van der Waals surface area contributed by atoms with Gasteiger partial charge in [-0.25, -0.2) is 0 Å². The summed E-state index contributed by atoms with van der Waals surface area (Å²) >= 11 is 0. The lowest BCUT2D eigenvalue weighted by Crippen LogP contribution is -2.04. The third-order valence-electron chi connectivity index (χ3n) is 5.76. The van der Waals surface area contributed by atoms with Crippen molar-refractivity contribution in [1.29, 1.82) is 0 Å². The smallest absolute Gasteiger partial charge is 0.303 e. The molecular formula is C29H38O4. The minimum atomic E-state index is -0.657. The first-order valence-corrected chi connectivity index (χ1v) is 12.4. The number of hydrogen-bond donors (Lipinski definition) is 1. The van der Waals surface area contributed by atoms with Crippen LogP contribution in [0.15, 0.2) is 70.1 Å². The molecule has 0 spiro atoms. The molecular weight excluding hydrogens is 412 g/mol. The molecule has 1 heterocycles. The minimum Gasteiger partial charge on any atom is -0.481 e. The van der Waals surface area contributed by atoms with Crippen molar-refractivity contribution >= 4 is 16.9 Å². The molecule has 0 saturated heterocycles. The fourth-order valence-corrected chi connectivity index (χ4v) is 3.84. The van der Waals surface area contributed by atoms with Crippen LogP contribution in [0.3, 0.4) is 0 Å². The minimum absolute atomic E-state index is 0.0121. The molecule has 0 saturated carbocycles. The summed E-state index contributed by atoms with van der Waals surface area (Å²) in [5.74, 6) is -0.657. The van der Waals surface area contributed by atoms with E-state index < -0.39 is 5.97 Å². The maximum Gasteiger partial charge on any atom is 0.303 e. The molecule has 4 nitrogen and oxygen atoms in total. The van der Waals surface area contributed by atoms with Crippen LogP contribution in [0.1, 0.15) is 84.0 Å². The van der Waals surface area contributed by atoms with E-state index in [4.69, 9.17) is 9.52 Å². The highest BCUT2D eigenvalue weighted by Crippen LogP contribution is 2.19. The summed E-state index contributed by atoms with van der Waals surface area (Å²) in [6.45, 7) is 2.25. The van der Waals surface area contributed by atoms with Crippen LogP contribution >= 0.6 is 0 Å². The number of unbranched alkanes of at least 4 members (excludes halogenated alkanes) is 10. The zero-order chi connectivity index (χ0) is 23.7. The van der Waals surface area contributed by atoms with Gasteiger partial charge in [-0.3, -0.25) is 9.59 Å². The number of aliphatic carboxylic acids is 1. The Balaban J connectivity index is 0.000000235. The van der Waals surface area contributed by atoms with Crippen molar-refractivity contribution in [2.75, 3.05) is 0 Å². The van der Waals surface area contributed by atoms with Crippen molar-refractivity contribution < 1.29 is 14.3 Å². The second-order valence-corrected chi connectivity index (χ2v) is 8.52. The number of para-hydroxylation sites is 1. The molecule has 0 amide bonds. The van der Waals surface area contributed by atoms with Gasteiger partial charge in [-0.05, 0) is 24.1 Å². The van der Waals surface area contributed by atoms with E-state index >= 15 is 0 Å². The highest BCUT2D eigenvalue weighted by Gasteiger charge is 2.07. The second-order valence-electron chi connectivity index (χ2n) is 8.52. The van der Waals surface area contributed by atoms with Gasteiger partial charge in [0.25, 0.3) is 0 Å². The Bertz CT molecular complexity index is 991. The summed E-state index contributed by atoms with van der Waals surface area (Å²) in [6, 6.07) is 16.8. The second kappa shape index (κ2) is 15.8. The molecule has 33 heavy (non-hydrogen) atoms. The van der Waals surface area contributed by atoms with Gasteiger partial charge in [0.1, 0.15) is 11.8 Å². The van der Waals surface area contributed by atoms with E-state index in [9.17, 15) is 9.59 Å². The summed E-state index contributed by atoms with van der Waals surface area (Å²) in [5.41, 5.74) is 2.12.